The van der Waals surface area contributed by atoms with Gasteiger partial charge in [-0.25, -0.2) is 9.18 Å². The predicted molar refractivity (Wildman–Crippen MR) is 109 cm³/mol. The summed E-state index contributed by atoms with van der Waals surface area (Å²) in [5.74, 6) is -1.45. The van der Waals surface area contributed by atoms with Gasteiger partial charge in [-0.15, -0.1) is 0 Å². The van der Waals surface area contributed by atoms with E-state index in [1.807, 2.05) is 0 Å². The molecule has 166 valence electrons. The summed E-state index contributed by atoms with van der Waals surface area (Å²) < 4.78 is 52.4. The van der Waals surface area contributed by atoms with Crippen molar-refractivity contribution in [2.24, 2.45) is 11.8 Å². The van der Waals surface area contributed by atoms with Crippen LogP contribution in [0.25, 0.3) is 0 Å². The first-order chi connectivity index (χ1) is 14.6. The van der Waals surface area contributed by atoms with Gasteiger partial charge in [0.2, 0.25) is 5.91 Å². The maximum absolute atomic E-state index is 13.1. The zero-order valence-electron chi connectivity index (χ0n) is 16.9. The summed E-state index contributed by atoms with van der Waals surface area (Å²) in [6, 6.07) is 9.98. The Morgan fingerprint density at radius 2 is 1.61 bits per heavy atom. The zero-order chi connectivity index (χ0) is 22.6. The lowest BCUT2D eigenvalue weighted by Crippen LogP contribution is -2.43. The second-order valence-corrected chi connectivity index (χ2v) is 7.58. The van der Waals surface area contributed by atoms with Crippen molar-refractivity contribution >= 4 is 23.3 Å². The predicted octanol–water partition coefficient (Wildman–Crippen LogP) is 5.36. The van der Waals surface area contributed by atoms with E-state index in [2.05, 4.69) is 10.6 Å². The molecule has 0 unspecified atom stereocenters. The molecule has 2 N–H and O–H groups in total. The van der Waals surface area contributed by atoms with Gasteiger partial charge in [-0.1, -0.05) is 19.1 Å². The number of likely N-dealkylation sites (tertiary alicyclic amines) is 1. The number of benzene rings is 2. The van der Waals surface area contributed by atoms with Gasteiger partial charge >= 0.3 is 12.2 Å². The van der Waals surface area contributed by atoms with Crippen molar-refractivity contribution < 1.29 is 27.2 Å². The second kappa shape index (κ2) is 9.36. The standard InChI is InChI=1S/C22H23F4N3O2/c1-14(20(30)28-19-5-3-2-4-18(19)22(24,25)26)15-10-12-29(13-11-15)21(31)27-17-8-6-16(23)7-9-17/h2-9,14-15H,10-13H2,1H3,(H,27,31)(H,28,30)/t14-/m0/s1. The molecule has 1 heterocycles. The van der Waals surface area contributed by atoms with Crippen molar-refractivity contribution in [2.75, 3.05) is 23.7 Å². The van der Waals surface area contributed by atoms with Crippen molar-refractivity contribution in [1.29, 1.82) is 0 Å². The fourth-order valence-corrected chi connectivity index (χ4v) is 3.64. The number of hydrogen-bond acceptors (Lipinski definition) is 2. The number of nitrogens with one attached hydrogen (secondary N) is 2. The number of nitrogens with zero attached hydrogens (tertiary/aromatic N) is 1. The van der Waals surface area contributed by atoms with Crippen molar-refractivity contribution in [1.82, 2.24) is 4.90 Å². The minimum atomic E-state index is -4.56. The monoisotopic (exact) mass is 437 g/mol. The van der Waals surface area contributed by atoms with Gasteiger partial charge in [0.1, 0.15) is 5.82 Å². The van der Waals surface area contributed by atoms with Gasteiger partial charge in [0.25, 0.3) is 0 Å². The average Bonchev–Trinajstić information content (AvgIpc) is 2.74. The van der Waals surface area contributed by atoms with Gasteiger partial charge in [0.05, 0.1) is 11.3 Å². The molecule has 31 heavy (non-hydrogen) atoms. The van der Waals surface area contributed by atoms with Gasteiger partial charge in [-0.2, -0.15) is 13.2 Å². The summed E-state index contributed by atoms with van der Waals surface area (Å²) in [7, 11) is 0. The van der Waals surface area contributed by atoms with Crippen molar-refractivity contribution in [3.63, 3.8) is 0 Å². The third-order valence-electron chi connectivity index (χ3n) is 5.53. The van der Waals surface area contributed by atoms with Crippen LogP contribution in [0.1, 0.15) is 25.3 Å². The van der Waals surface area contributed by atoms with E-state index in [1.165, 1.54) is 42.5 Å². The van der Waals surface area contributed by atoms with Crippen LogP contribution in [0.4, 0.5) is 33.7 Å². The number of carbonyl (C=O) groups excluding carboxylic acids is 2. The van der Waals surface area contributed by atoms with E-state index >= 15 is 0 Å². The number of urea groups is 1. The first-order valence-electron chi connectivity index (χ1n) is 9.93. The van der Waals surface area contributed by atoms with E-state index in [-0.39, 0.29) is 17.6 Å². The molecule has 3 amide bonds. The van der Waals surface area contributed by atoms with Crippen LogP contribution in [-0.2, 0) is 11.0 Å². The highest BCUT2D eigenvalue weighted by Crippen LogP contribution is 2.35. The molecule has 0 bridgehead atoms. The molecule has 3 rings (SSSR count). The van der Waals surface area contributed by atoms with Crippen LogP contribution < -0.4 is 10.6 Å². The Morgan fingerprint density at radius 1 is 1.00 bits per heavy atom. The molecule has 1 fully saturated rings. The highest BCUT2D eigenvalue weighted by molar-refractivity contribution is 5.93. The van der Waals surface area contributed by atoms with E-state index in [1.54, 1.807) is 11.8 Å². The topological polar surface area (TPSA) is 61.4 Å². The van der Waals surface area contributed by atoms with Crippen molar-refractivity contribution in [3.05, 3.63) is 59.9 Å². The molecular weight excluding hydrogens is 414 g/mol. The number of hydrogen-bond donors (Lipinski definition) is 2. The first kappa shape index (κ1) is 22.6. The van der Waals surface area contributed by atoms with Crippen LogP contribution in [0, 0.1) is 17.7 Å². The number of carbonyl (C=O) groups is 2. The van der Waals surface area contributed by atoms with E-state index in [0.717, 1.165) is 6.07 Å². The van der Waals surface area contributed by atoms with Gasteiger partial charge < -0.3 is 15.5 Å². The Bertz CT molecular complexity index is 923. The third kappa shape index (κ3) is 5.74. The molecule has 9 heteroatoms. The summed E-state index contributed by atoms with van der Waals surface area (Å²) in [4.78, 5) is 26.5. The number of rotatable bonds is 4. The van der Waals surface area contributed by atoms with Crippen LogP contribution in [0.5, 0.6) is 0 Å². The van der Waals surface area contributed by atoms with E-state index in [9.17, 15) is 27.2 Å². The first-order valence-corrected chi connectivity index (χ1v) is 9.93. The molecule has 0 aromatic heterocycles. The lowest BCUT2D eigenvalue weighted by atomic mass is 9.85. The highest BCUT2D eigenvalue weighted by atomic mass is 19.4. The molecule has 1 aliphatic rings. The summed E-state index contributed by atoms with van der Waals surface area (Å²) in [5, 5.41) is 5.10. The van der Waals surface area contributed by atoms with Crippen LogP contribution in [0.3, 0.4) is 0 Å². The largest absolute Gasteiger partial charge is 0.418 e. The van der Waals surface area contributed by atoms with Crippen molar-refractivity contribution in [2.45, 2.75) is 25.9 Å². The minimum absolute atomic E-state index is 0.0621. The number of halogens is 4. The zero-order valence-corrected chi connectivity index (χ0v) is 16.9. The van der Waals surface area contributed by atoms with Crippen LogP contribution in [0.2, 0.25) is 0 Å². The number of anilines is 2. The van der Waals surface area contributed by atoms with Gasteiger partial charge in [-0.3, -0.25) is 4.79 Å². The second-order valence-electron chi connectivity index (χ2n) is 7.58. The van der Waals surface area contributed by atoms with Gasteiger partial charge in [0.15, 0.2) is 0 Å². The molecule has 0 radical (unpaired) electrons. The summed E-state index contributed by atoms with van der Waals surface area (Å²) in [6.45, 7) is 2.51. The van der Waals surface area contributed by atoms with E-state index in [0.29, 0.717) is 31.6 Å². The van der Waals surface area contributed by atoms with Gasteiger partial charge in [-0.05, 0) is 55.2 Å². The quantitative estimate of drug-likeness (QED) is 0.633. The molecule has 2 aromatic rings. The fraction of sp³-hybridized carbons (Fsp3) is 0.364. The number of para-hydroxylation sites is 1. The number of alkyl halides is 3. The molecule has 1 atom stereocenters. The molecular formula is C22H23F4N3O2. The van der Waals surface area contributed by atoms with E-state index in [4.69, 9.17) is 0 Å². The normalized spacial score (nSPS) is 16.0. The summed E-state index contributed by atoms with van der Waals surface area (Å²) >= 11 is 0. The Balaban J connectivity index is 1.54. The summed E-state index contributed by atoms with van der Waals surface area (Å²) in [5.41, 5.74) is -0.671. The number of amides is 3. The molecule has 0 spiro atoms. The Morgan fingerprint density at radius 3 is 2.23 bits per heavy atom. The fourth-order valence-electron chi connectivity index (χ4n) is 3.64. The number of piperidine rings is 1. The van der Waals surface area contributed by atoms with Crippen LogP contribution in [0.15, 0.2) is 48.5 Å². The molecule has 5 nitrogen and oxygen atoms in total. The average molecular weight is 437 g/mol. The minimum Gasteiger partial charge on any atom is -0.325 e. The molecule has 0 saturated carbocycles. The van der Waals surface area contributed by atoms with Crippen LogP contribution >= 0.6 is 0 Å². The molecule has 1 saturated heterocycles. The Kier molecular flexibility index (Phi) is 6.82. The lowest BCUT2D eigenvalue weighted by molar-refractivity contribution is -0.137. The van der Waals surface area contributed by atoms with Crippen molar-refractivity contribution in [3.8, 4) is 0 Å². The summed E-state index contributed by atoms with van der Waals surface area (Å²) in [6.07, 6.45) is -3.46. The molecule has 2 aromatic carbocycles. The maximum Gasteiger partial charge on any atom is 0.418 e. The lowest BCUT2D eigenvalue weighted by Gasteiger charge is -2.34. The molecule has 1 aliphatic heterocycles. The van der Waals surface area contributed by atoms with Gasteiger partial charge in [0, 0.05) is 24.7 Å². The smallest absolute Gasteiger partial charge is 0.325 e. The van der Waals surface area contributed by atoms with Crippen LogP contribution in [-0.4, -0.2) is 29.9 Å². The SMILES string of the molecule is C[C@H](C(=O)Nc1ccccc1C(F)(F)F)C1CCN(C(=O)Nc2ccc(F)cc2)CC1. The Hall–Kier alpha value is -3.10. The van der Waals surface area contributed by atoms with E-state index < -0.39 is 29.4 Å². The maximum atomic E-state index is 13.1. The molecule has 0 aliphatic carbocycles. The third-order valence-corrected chi connectivity index (χ3v) is 5.53. The Labute approximate surface area is 177 Å². The highest BCUT2D eigenvalue weighted by Gasteiger charge is 2.35.